The lowest BCUT2D eigenvalue weighted by atomic mass is 10.1. The summed E-state index contributed by atoms with van der Waals surface area (Å²) in [6.07, 6.45) is 0. The van der Waals surface area contributed by atoms with Crippen molar-refractivity contribution in [1.29, 1.82) is 0 Å². The van der Waals surface area contributed by atoms with E-state index in [0.29, 0.717) is 10.8 Å². The van der Waals surface area contributed by atoms with E-state index in [4.69, 9.17) is 16.3 Å². The van der Waals surface area contributed by atoms with E-state index in [1.165, 1.54) is 0 Å². The molecule has 0 radical (unpaired) electrons. The molecule has 2 aromatic rings. The standard InChI is InChI=1S/C16H15BrClNO2/c1-10-6-13(18)7-11(2)16(10)21-9-15(20)19-14-5-3-4-12(17)8-14/h3-8H,9H2,1-2H3,(H,19,20). The molecule has 1 amide bonds. The monoisotopic (exact) mass is 367 g/mol. The fraction of sp³-hybridized carbons (Fsp3) is 0.188. The first-order valence-electron chi connectivity index (χ1n) is 6.40. The Balaban J connectivity index is 1.99. The van der Waals surface area contributed by atoms with E-state index in [1.54, 1.807) is 0 Å². The topological polar surface area (TPSA) is 38.3 Å². The molecule has 3 nitrogen and oxygen atoms in total. The average Bonchev–Trinajstić information content (AvgIpc) is 2.37. The molecule has 0 bridgehead atoms. The number of hydrogen-bond acceptors (Lipinski definition) is 2. The van der Waals surface area contributed by atoms with Crippen molar-refractivity contribution in [2.45, 2.75) is 13.8 Å². The molecule has 0 saturated heterocycles. The van der Waals surface area contributed by atoms with Crippen LogP contribution >= 0.6 is 27.5 Å². The van der Waals surface area contributed by atoms with Gasteiger partial charge in [-0.2, -0.15) is 0 Å². The fourth-order valence-corrected chi connectivity index (χ4v) is 2.75. The number of hydrogen-bond donors (Lipinski definition) is 1. The summed E-state index contributed by atoms with van der Waals surface area (Å²) in [5, 5.41) is 3.45. The Morgan fingerprint density at radius 1 is 1.24 bits per heavy atom. The minimum Gasteiger partial charge on any atom is -0.483 e. The Kier molecular flexibility index (Phi) is 5.26. The van der Waals surface area contributed by atoms with Gasteiger partial charge in [-0.05, 0) is 55.3 Å². The van der Waals surface area contributed by atoms with E-state index in [2.05, 4.69) is 21.2 Å². The first-order chi connectivity index (χ1) is 9.95. The molecule has 0 unspecified atom stereocenters. The summed E-state index contributed by atoms with van der Waals surface area (Å²) >= 11 is 9.33. The molecule has 0 heterocycles. The van der Waals surface area contributed by atoms with Gasteiger partial charge in [0.2, 0.25) is 0 Å². The molecule has 0 saturated carbocycles. The molecule has 0 atom stereocenters. The van der Waals surface area contributed by atoms with Crippen LogP contribution in [0.3, 0.4) is 0 Å². The highest BCUT2D eigenvalue weighted by molar-refractivity contribution is 9.10. The molecular weight excluding hydrogens is 354 g/mol. The van der Waals surface area contributed by atoms with Crippen LogP contribution in [0, 0.1) is 13.8 Å². The Bertz CT molecular complexity index is 650. The van der Waals surface area contributed by atoms with E-state index in [9.17, 15) is 4.79 Å². The van der Waals surface area contributed by atoms with Crippen LogP contribution in [0.4, 0.5) is 5.69 Å². The highest BCUT2D eigenvalue weighted by Crippen LogP contribution is 2.27. The van der Waals surface area contributed by atoms with Gasteiger partial charge in [0.1, 0.15) is 5.75 Å². The number of rotatable bonds is 4. The van der Waals surface area contributed by atoms with Crippen LogP contribution in [0.2, 0.25) is 5.02 Å². The zero-order valence-electron chi connectivity index (χ0n) is 11.7. The number of benzene rings is 2. The van der Waals surface area contributed by atoms with Gasteiger partial charge in [0.25, 0.3) is 5.91 Å². The van der Waals surface area contributed by atoms with Gasteiger partial charge in [0.05, 0.1) is 0 Å². The van der Waals surface area contributed by atoms with Gasteiger partial charge < -0.3 is 10.1 Å². The maximum Gasteiger partial charge on any atom is 0.262 e. The zero-order chi connectivity index (χ0) is 15.4. The second kappa shape index (κ2) is 6.96. The molecule has 0 aromatic heterocycles. The smallest absolute Gasteiger partial charge is 0.262 e. The number of carbonyl (C=O) groups excluding carboxylic acids is 1. The van der Waals surface area contributed by atoms with E-state index in [0.717, 1.165) is 21.3 Å². The second-order valence-electron chi connectivity index (χ2n) is 4.72. The number of ether oxygens (including phenoxy) is 1. The lowest BCUT2D eigenvalue weighted by Crippen LogP contribution is -2.20. The van der Waals surface area contributed by atoms with Crippen molar-refractivity contribution in [2.24, 2.45) is 0 Å². The molecule has 21 heavy (non-hydrogen) atoms. The number of aryl methyl sites for hydroxylation is 2. The zero-order valence-corrected chi connectivity index (χ0v) is 14.1. The molecule has 0 aliphatic carbocycles. The SMILES string of the molecule is Cc1cc(Cl)cc(C)c1OCC(=O)Nc1cccc(Br)c1. The summed E-state index contributed by atoms with van der Waals surface area (Å²) in [6, 6.07) is 11.0. The van der Waals surface area contributed by atoms with Crippen molar-refractivity contribution < 1.29 is 9.53 Å². The molecule has 5 heteroatoms. The molecule has 110 valence electrons. The lowest BCUT2D eigenvalue weighted by molar-refractivity contribution is -0.118. The first kappa shape index (κ1) is 15.9. The summed E-state index contributed by atoms with van der Waals surface area (Å²) in [6.45, 7) is 3.76. The Hall–Kier alpha value is -1.52. The summed E-state index contributed by atoms with van der Waals surface area (Å²) in [5.41, 5.74) is 2.55. The van der Waals surface area contributed by atoms with Gasteiger partial charge in [0.15, 0.2) is 6.61 Å². The van der Waals surface area contributed by atoms with Crippen LogP contribution in [0.5, 0.6) is 5.75 Å². The summed E-state index contributed by atoms with van der Waals surface area (Å²) in [4.78, 5) is 11.9. The predicted molar refractivity (Wildman–Crippen MR) is 89.2 cm³/mol. The summed E-state index contributed by atoms with van der Waals surface area (Å²) in [7, 11) is 0. The van der Waals surface area contributed by atoms with Crippen molar-refractivity contribution >= 4 is 39.1 Å². The van der Waals surface area contributed by atoms with Gasteiger partial charge in [-0.15, -0.1) is 0 Å². The van der Waals surface area contributed by atoms with Crippen LogP contribution in [0.25, 0.3) is 0 Å². The Labute approximate surface area is 137 Å². The van der Waals surface area contributed by atoms with Crippen molar-refractivity contribution in [3.63, 3.8) is 0 Å². The molecule has 2 aromatic carbocycles. The molecule has 0 aliphatic rings. The first-order valence-corrected chi connectivity index (χ1v) is 7.58. The Morgan fingerprint density at radius 3 is 2.52 bits per heavy atom. The normalized spacial score (nSPS) is 10.3. The number of halogens is 2. The molecular formula is C16H15BrClNO2. The van der Waals surface area contributed by atoms with E-state index in [-0.39, 0.29) is 12.5 Å². The maximum absolute atomic E-state index is 11.9. The molecule has 0 fully saturated rings. The summed E-state index contributed by atoms with van der Waals surface area (Å²) < 4.78 is 6.51. The van der Waals surface area contributed by atoms with Crippen LogP contribution in [0.15, 0.2) is 40.9 Å². The highest BCUT2D eigenvalue weighted by Gasteiger charge is 2.09. The van der Waals surface area contributed by atoms with E-state index in [1.807, 2.05) is 50.2 Å². The van der Waals surface area contributed by atoms with Crippen molar-refractivity contribution in [3.05, 3.63) is 57.0 Å². The third-order valence-corrected chi connectivity index (χ3v) is 3.59. The van der Waals surface area contributed by atoms with Crippen LogP contribution in [-0.2, 0) is 4.79 Å². The van der Waals surface area contributed by atoms with Crippen molar-refractivity contribution in [1.82, 2.24) is 0 Å². The largest absolute Gasteiger partial charge is 0.483 e. The number of amides is 1. The number of anilines is 1. The van der Waals surface area contributed by atoms with Crippen molar-refractivity contribution in [2.75, 3.05) is 11.9 Å². The predicted octanol–water partition coefficient (Wildman–Crippen LogP) is 4.74. The van der Waals surface area contributed by atoms with E-state index >= 15 is 0 Å². The van der Waals surface area contributed by atoms with Gasteiger partial charge in [-0.3, -0.25) is 4.79 Å². The number of nitrogens with one attached hydrogen (secondary N) is 1. The highest BCUT2D eigenvalue weighted by atomic mass is 79.9. The quantitative estimate of drug-likeness (QED) is 0.846. The van der Waals surface area contributed by atoms with Crippen LogP contribution in [-0.4, -0.2) is 12.5 Å². The lowest BCUT2D eigenvalue weighted by Gasteiger charge is -2.12. The van der Waals surface area contributed by atoms with Crippen LogP contribution in [0.1, 0.15) is 11.1 Å². The third-order valence-electron chi connectivity index (χ3n) is 2.88. The third kappa shape index (κ3) is 4.48. The number of carbonyl (C=O) groups is 1. The fourth-order valence-electron chi connectivity index (χ4n) is 2.03. The molecule has 0 spiro atoms. The molecule has 2 rings (SSSR count). The molecule has 1 N–H and O–H groups in total. The van der Waals surface area contributed by atoms with Gasteiger partial charge in [0, 0.05) is 15.2 Å². The van der Waals surface area contributed by atoms with Crippen molar-refractivity contribution in [3.8, 4) is 5.75 Å². The van der Waals surface area contributed by atoms with Gasteiger partial charge >= 0.3 is 0 Å². The molecule has 0 aliphatic heterocycles. The second-order valence-corrected chi connectivity index (χ2v) is 6.07. The van der Waals surface area contributed by atoms with E-state index < -0.39 is 0 Å². The average molecular weight is 369 g/mol. The minimum atomic E-state index is -0.207. The van der Waals surface area contributed by atoms with Gasteiger partial charge in [-0.25, -0.2) is 0 Å². The maximum atomic E-state index is 11.9. The van der Waals surface area contributed by atoms with Crippen LogP contribution < -0.4 is 10.1 Å². The Morgan fingerprint density at radius 2 is 1.90 bits per heavy atom. The van der Waals surface area contributed by atoms with Gasteiger partial charge in [-0.1, -0.05) is 33.6 Å². The summed E-state index contributed by atoms with van der Waals surface area (Å²) in [5.74, 6) is 0.491. The minimum absolute atomic E-state index is 0.0458.